The highest BCUT2D eigenvalue weighted by Crippen LogP contribution is 2.19. The maximum atomic E-state index is 12.1. The van der Waals surface area contributed by atoms with E-state index in [0.29, 0.717) is 5.56 Å². The lowest BCUT2D eigenvalue weighted by Gasteiger charge is -2.35. The molecule has 1 aromatic carbocycles. The molecule has 4 heteroatoms. The molecule has 1 unspecified atom stereocenters. The van der Waals surface area contributed by atoms with Gasteiger partial charge in [0.25, 0.3) is 5.91 Å². The van der Waals surface area contributed by atoms with E-state index in [4.69, 9.17) is 4.74 Å². The highest BCUT2D eigenvalue weighted by Gasteiger charge is 2.19. The molecule has 1 atom stereocenters. The summed E-state index contributed by atoms with van der Waals surface area (Å²) in [6, 6.07) is 7.96. The van der Waals surface area contributed by atoms with Crippen LogP contribution in [0.4, 0.5) is 0 Å². The van der Waals surface area contributed by atoms with Crippen LogP contribution in [-0.4, -0.2) is 43.6 Å². The van der Waals surface area contributed by atoms with Crippen molar-refractivity contribution in [1.29, 1.82) is 0 Å². The van der Waals surface area contributed by atoms with E-state index < -0.39 is 0 Å². The molecule has 1 amide bonds. The number of rotatable bonds is 7. The summed E-state index contributed by atoms with van der Waals surface area (Å²) in [5.41, 5.74) is 0.685. The largest absolute Gasteiger partial charge is 0.497 e. The maximum absolute atomic E-state index is 12.1. The number of hydrogen-bond donors (Lipinski definition) is 1. The zero-order valence-electron chi connectivity index (χ0n) is 13.8. The Balaban J connectivity index is 1.70. The summed E-state index contributed by atoms with van der Waals surface area (Å²) in [4.78, 5) is 14.6. The van der Waals surface area contributed by atoms with Gasteiger partial charge in [-0.25, -0.2) is 0 Å². The maximum Gasteiger partial charge on any atom is 0.251 e. The minimum atomic E-state index is -0.00617. The van der Waals surface area contributed by atoms with Crippen molar-refractivity contribution in [2.45, 2.75) is 45.1 Å². The molecule has 22 heavy (non-hydrogen) atoms. The quantitative estimate of drug-likeness (QED) is 0.787. The number of carbonyl (C=O) groups is 1. The number of ether oxygens (including phenoxy) is 1. The van der Waals surface area contributed by atoms with Crippen LogP contribution in [0.15, 0.2) is 24.3 Å². The zero-order chi connectivity index (χ0) is 15.8. The second kappa shape index (κ2) is 8.79. The van der Waals surface area contributed by atoms with Crippen LogP contribution >= 0.6 is 0 Å². The summed E-state index contributed by atoms with van der Waals surface area (Å²) in [6.45, 7) is 5.30. The Morgan fingerprint density at radius 3 is 2.77 bits per heavy atom. The zero-order valence-corrected chi connectivity index (χ0v) is 13.8. The van der Waals surface area contributed by atoms with Gasteiger partial charge in [0.2, 0.25) is 0 Å². The van der Waals surface area contributed by atoms with Crippen molar-refractivity contribution in [3.8, 4) is 5.75 Å². The molecule has 4 nitrogen and oxygen atoms in total. The first-order valence-corrected chi connectivity index (χ1v) is 8.41. The minimum Gasteiger partial charge on any atom is -0.497 e. The first kappa shape index (κ1) is 16.8. The van der Waals surface area contributed by atoms with Gasteiger partial charge in [-0.15, -0.1) is 0 Å². The van der Waals surface area contributed by atoms with Crippen LogP contribution < -0.4 is 10.1 Å². The van der Waals surface area contributed by atoms with Gasteiger partial charge in [-0.05, 0) is 56.5 Å². The Labute approximate surface area is 133 Å². The number of likely N-dealkylation sites (tertiary alicyclic amines) is 1. The van der Waals surface area contributed by atoms with E-state index in [1.54, 1.807) is 19.2 Å². The van der Waals surface area contributed by atoms with Crippen LogP contribution in [0, 0.1) is 0 Å². The van der Waals surface area contributed by atoms with Gasteiger partial charge in [-0.2, -0.15) is 0 Å². The van der Waals surface area contributed by atoms with Crippen LogP contribution in [0.5, 0.6) is 5.75 Å². The van der Waals surface area contributed by atoms with Crippen LogP contribution in [-0.2, 0) is 0 Å². The van der Waals surface area contributed by atoms with E-state index in [2.05, 4.69) is 17.1 Å². The monoisotopic (exact) mass is 304 g/mol. The molecule has 1 fully saturated rings. The molecule has 0 radical (unpaired) electrons. The molecule has 2 rings (SSSR count). The first-order valence-electron chi connectivity index (χ1n) is 8.41. The second-order valence-corrected chi connectivity index (χ2v) is 5.93. The van der Waals surface area contributed by atoms with E-state index in [1.165, 1.54) is 32.2 Å². The van der Waals surface area contributed by atoms with Gasteiger partial charge >= 0.3 is 0 Å². The number of methoxy groups -OCH3 is 1. The molecule has 1 aliphatic heterocycles. The van der Waals surface area contributed by atoms with Crippen molar-refractivity contribution in [3.63, 3.8) is 0 Å². The molecule has 1 saturated heterocycles. The molecule has 122 valence electrons. The Morgan fingerprint density at radius 2 is 2.09 bits per heavy atom. The number of nitrogens with one attached hydrogen (secondary N) is 1. The standard InChI is InChI=1S/C18H28N2O2/c1-3-16-7-4-5-13-20(16)14-6-12-19-18(21)15-8-10-17(22-2)11-9-15/h8-11,16H,3-7,12-14H2,1-2H3,(H,19,21). The summed E-state index contributed by atoms with van der Waals surface area (Å²) >= 11 is 0. The topological polar surface area (TPSA) is 41.6 Å². The second-order valence-electron chi connectivity index (χ2n) is 5.93. The van der Waals surface area contributed by atoms with Crippen molar-refractivity contribution in [2.24, 2.45) is 0 Å². The Morgan fingerprint density at radius 1 is 1.32 bits per heavy atom. The normalized spacial score (nSPS) is 18.9. The van der Waals surface area contributed by atoms with Crippen LogP contribution in [0.3, 0.4) is 0 Å². The third kappa shape index (κ3) is 4.73. The fourth-order valence-electron chi connectivity index (χ4n) is 3.15. The highest BCUT2D eigenvalue weighted by molar-refractivity contribution is 5.94. The molecule has 0 aliphatic carbocycles. The number of hydrogen-bond acceptors (Lipinski definition) is 3. The number of nitrogens with zero attached hydrogens (tertiary/aromatic N) is 1. The molecule has 0 spiro atoms. The minimum absolute atomic E-state index is 0.00617. The van der Waals surface area contributed by atoms with Gasteiger partial charge in [0, 0.05) is 24.7 Å². The number of piperidine rings is 1. The molecule has 0 saturated carbocycles. The number of carbonyl (C=O) groups excluding carboxylic acids is 1. The highest BCUT2D eigenvalue weighted by atomic mass is 16.5. The third-order valence-corrected chi connectivity index (χ3v) is 4.48. The molecule has 1 aromatic rings. The Kier molecular flexibility index (Phi) is 6.72. The van der Waals surface area contributed by atoms with Crippen molar-refractivity contribution in [1.82, 2.24) is 10.2 Å². The van der Waals surface area contributed by atoms with Crippen LogP contribution in [0.25, 0.3) is 0 Å². The predicted octanol–water partition coefficient (Wildman–Crippen LogP) is 3.08. The van der Waals surface area contributed by atoms with Gasteiger partial charge in [-0.1, -0.05) is 13.3 Å². The van der Waals surface area contributed by atoms with Crippen LogP contribution in [0.2, 0.25) is 0 Å². The average Bonchev–Trinajstić information content (AvgIpc) is 2.59. The van der Waals surface area contributed by atoms with Crippen molar-refractivity contribution >= 4 is 5.91 Å². The van der Waals surface area contributed by atoms with Gasteiger partial charge in [0.05, 0.1) is 7.11 Å². The number of benzene rings is 1. The molecular formula is C18H28N2O2. The summed E-state index contributed by atoms with van der Waals surface area (Å²) in [5.74, 6) is 0.764. The van der Waals surface area contributed by atoms with E-state index >= 15 is 0 Å². The molecular weight excluding hydrogens is 276 g/mol. The molecule has 1 heterocycles. The molecule has 1 N–H and O–H groups in total. The van der Waals surface area contributed by atoms with Crippen LogP contribution in [0.1, 0.15) is 49.4 Å². The molecule has 0 aromatic heterocycles. The summed E-state index contributed by atoms with van der Waals surface area (Å²) in [5, 5.41) is 3.00. The summed E-state index contributed by atoms with van der Waals surface area (Å²) < 4.78 is 5.10. The van der Waals surface area contributed by atoms with Gasteiger partial charge in [0.1, 0.15) is 5.75 Å². The molecule has 1 aliphatic rings. The average molecular weight is 304 g/mol. The van der Waals surface area contributed by atoms with Gasteiger partial charge in [0.15, 0.2) is 0 Å². The molecule has 0 bridgehead atoms. The Bertz CT molecular complexity index is 459. The van der Waals surface area contributed by atoms with Gasteiger partial charge < -0.3 is 15.0 Å². The smallest absolute Gasteiger partial charge is 0.251 e. The third-order valence-electron chi connectivity index (χ3n) is 4.48. The summed E-state index contributed by atoms with van der Waals surface area (Å²) in [6.07, 6.45) is 6.25. The lowest BCUT2D eigenvalue weighted by atomic mass is 10.00. The first-order chi connectivity index (χ1) is 10.7. The van der Waals surface area contributed by atoms with Crippen molar-refractivity contribution in [3.05, 3.63) is 29.8 Å². The fraction of sp³-hybridized carbons (Fsp3) is 0.611. The van der Waals surface area contributed by atoms with Crippen molar-refractivity contribution < 1.29 is 9.53 Å². The number of amides is 1. The predicted molar refractivity (Wildman–Crippen MR) is 89.4 cm³/mol. The van der Waals surface area contributed by atoms with E-state index in [-0.39, 0.29) is 5.91 Å². The van der Waals surface area contributed by atoms with E-state index in [0.717, 1.165) is 31.3 Å². The van der Waals surface area contributed by atoms with Crippen molar-refractivity contribution in [2.75, 3.05) is 26.7 Å². The summed E-state index contributed by atoms with van der Waals surface area (Å²) in [7, 11) is 1.62. The SMILES string of the molecule is CCC1CCCCN1CCCNC(=O)c1ccc(OC)cc1. The van der Waals surface area contributed by atoms with Gasteiger partial charge in [-0.3, -0.25) is 4.79 Å². The fourth-order valence-corrected chi connectivity index (χ4v) is 3.15. The van der Waals surface area contributed by atoms with E-state index in [1.807, 2.05) is 12.1 Å². The lowest BCUT2D eigenvalue weighted by molar-refractivity contribution is 0.0947. The van der Waals surface area contributed by atoms with E-state index in [9.17, 15) is 4.79 Å². The Hall–Kier alpha value is -1.55. The lowest BCUT2D eigenvalue weighted by Crippen LogP contribution is -2.40.